The van der Waals surface area contributed by atoms with E-state index in [0.717, 1.165) is 52.0 Å². The Morgan fingerprint density at radius 3 is 2.91 bits per heavy atom. The summed E-state index contributed by atoms with van der Waals surface area (Å²) in [5.74, 6) is 1.28. The van der Waals surface area contributed by atoms with Gasteiger partial charge in [0.2, 0.25) is 5.91 Å². The van der Waals surface area contributed by atoms with Gasteiger partial charge in [0.05, 0.1) is 23.2 Å². The molecule has 5 rings (SSSR count). The normalized spacial score (nSPS) is 35.4. The molecule has 6 nitrogen and oxygen atoms in total. The second kappa shape index (κ2) is 8.99. The van der Waals surface area contributed by atoms with Gasteiger partial charge < -0.3 is 15.5 Å². The van der Waals surface area contributed by atoms with E-state index in [9.17, 15) is 9.18 Å². The van der Waals surface area contributed by atoms with Crippen LogP contribution in [0.25, 0.3) is 0 Å². The zero-order chi connectivity index (χ0) is 22.2. The predicted molar refractivity (Wildman–Crippen MR) is 122 cm³/mol. The average molecular weight is 440 g/mol. The largest absolute Gasteiger partial charge is 0.366 e. The number of benzene rings is 1. The summed E-state index contributed by atoms with van der Waals surface area (Å²) in [6.07, 6.45) is 5.61. The second-order valence-corrected chi connectivity index (χ2v) is 10.3. The van der Waals surface area contributed by atoms with Crippen molar-refractivity contribution in [1.29, 1.82) is 5.26 Å². The molecule has 2 N–H and O–H groups in total. The average Bonchev–Trinajstić information content (AvgIpc) is 2.80. The standard InChI is InChI=1S/C25H34FN5O/c1-16-14-31(23-7-5-17(13-27)11-21(23)26)10-9-30(16)15-18-4-6-19-22(12-18)29-25(32)20-3-2-8-28-24(19)20/h5,7,11,16,18-20,22,24,28H,2-4,6,8-10,12,14-15H2,1H3,(H,29,32)/t16-,18?,19?,20?,22?,24?/m0/s1. The van der Waals surface area contributed by atoms with E-state index in [1.807, 2.05) is 6.07 Å². The first-order valence-electron chi connectivity index (χ1n) is 12.3. The second-order valence-electron chi connectivity index (χ2n) is 10.3. The molecular formula is C25H34FN5O. The van der Waals surface area contributed by atoms with Crippen molar-refractivity contribution in [2.24, 2.45) is 17.8 Å². The molecule has 4 aliphatic rings. The molecule has 32 heavy (non-hydrogen) atoms. The fourth-order valence-electron chi connectivity index (χ4n) is 6.64. The Morgan fingerprint density at radius 1 is 1.25 bits per heavy atom. The van der Waals surface area contributed by atoms with Gasteiger partial charge in [0.25, 0.3) is 0 Å². The van der Waals surface area contributed by atoms with Gasteiger partial charge in [-0.15, -0.1) is 0 Å². The number of anilines is 1. The van der Waals surface area contributed by atoms with Crippen LogP contribution in [0.3, 0.4) is 0 Å². The number of rotatable bonds is 3. The lowest BCUT2D eigenvalue weighted by molar-refractivity contribution is -0.133. The van der Waals surface area contributed by atoms with Crippen LogP contribution in [-0.4, -0.2) is 61.7 Å². The van der Waals surface area contributed by atoms with Gasteiger partial charge in [0.1, 0.15) is 5.82 Å². The van der Waals surface area contributed by atoms with Gasteiger partial charge >= 0.3 is 0 Å². The van der Waals surface area contributed by atoms with Gasteiger partial charge in [0.15, 0.2) is 0 Å². The smallest absolute Gasteiger partial charge is 0.224 e. The number of hydrogen-bond acceptors (Lipinski definition) is 5. The van der Waals surface area contributed by atoms with Crippen LogP contribution in [0, 0.1) is 34.9 Å². The molecule has 4 fully saturated rings. The lowest BCUT2D eigenvalue weighted by atomic mass is 9.67. The summed E-state index contributed by atoms with van der Waals surface area (Å²) in [6.45, 7) is 6.79. The zero-order valence-electron chi connectivity index (χ0n) is 18.9. The summed E-state index contributed by atoms with van der Waals surface area (Å²) in [5.41, 5.74) is 0.952. The maximum atomic E-state index is 14.5. The van der Waals surface area contributed by atoms with E-state index in [4.69, 9.17) is 5.26 Å². The van der Waals surface area contributed by atoms with Crippen LogP contribution >= 0.6 is 0 Å². The Morgan fingerprint density at radius 2 is 2.12 bits per heavy atom. The van der Waals surface area contributed by atoms with Crippen molar-refractivity contribution in [2.45, 2.75) is 57.2 Å². The molecule has 6 atom stereocenters. The molecule has 1 amide bonds. The van der Waals surface area contributed by atoms with E-state index in [2.05, 4.69) is 27.4 Å². The van der Waals surface area contributed by atoms with Crippen LogP contribution in [0.1, 0.15) is 44.6 Å². The molecule has 0 spiro atoms. The molecule has 0 radical (unpaired) electrons. The number of carbonyl (C=O) groups excluding carboxylic acids is 1. The first kappa shape index (κ1) is 21.7. The van der Waals surface area contributed by atoms with E-state index in [-0.39, 0.29) is 17.6 Å². The molecule has 3 saturated heterocycles. The number of carbonyl (C=O) groups is 1. The molecular weight excluding hydrogens is 405 g/mol. The number of piperazine rings is 1. The topological polar surface area (TPSA) is 71.4 Å². The van der Waals surface area contributed by atoms with E-state index < -0.39 is 0 Å². The molecule has 5 unspecified atom stereocenters. The Labute approximate surface area is 190 Å². The highest BCUT2D eigenvalue weighted by molar-refractivity contribution is 5.81. The number of halogens is 1. The Kier molecular flexibility index (Phi) is 6.09. The number of piperidine rings is 2. The van der Waals surface area contributed by atoms with Crippen LogP contribution in [0.2, 0.25) is 0 Å². The Hall–Kier alpha value is -2.17. The summed E-state index contributed by atoms with van der Waals surface area (Å²) in [7, 11) is 0. The van der Waals surface area contributed by atoms with Crippen LogP contribution in [-0.2, 0) is 4.79 Å². The molecule has 1 aliphatic carbocycles. The lowest BCUT2D eigenvalue weighted by Crippen LogP contribution is -2.64. The Balaban J connectivity index is 1.18. The van der Waals surface area contributed by atoms with E-state index in [1.165, 1.54) is 18.9 Å². The summed E-state index contributed by atoms with van der Waals surface area (Å²) in [4.78, 5) is 17.3. The van der Waals surface area contributed by atoms with Crippen molar-refractivity contribution in [3.63, 3.8) is 0 Å². The molecule has 3 aliphatic heterocycles. The third-order valence-electron chi connectivity index (χ3n) is 8.32. The number of nitriles is 1. The van der Waals surface area contributed by atoms with Crippen molar-refractivity contribution < 1.29 is 9.18 Å². The van der Waals surface area contributed by atoms with Crippen molar-refractivity contribution in [2.75, 3.05) is 37.6 Å². The lowest BCUT2D eigenvalue weighted by Gasteiger charge is -2.50. The number of fused-ring (bicyclic) bond motifs is 3. The summed E-state index contributed by atoms with van der Waals surface area (Å²) in [5, 5.41) is 16.0. The first-order chi connectivity index (χ1) is 15.5. The number of nitrogens with one attached hydrogen (secondary N) is 2. The van der Waals surface area contributed by atoms with E-state index in [1.54, 1.807) is 12.1 Å². The fourth-order valence-corrected chi connectivity index (χ4v) is 6.64. The molecule has 0 bridgehead atoms. The summed E-state index contributed by atoms with van der Waals surface area (Å²) >= 11 is 0. The monoisotopic (exact) mass is 439 g/mol. The quantitative estimate of drug-likeness (QED) is 0.757. The third-order valence-corrected chi connectivity index (χ3v) is 8.32. The number of hydrogen-bond donors (Lipinski definition) is 2. The minimum atomic E-state index is -0.314. The summed E-state index contributed by atoms with van der Waals surface area (Å²) in [6, 6.07) is 7.76. The first-order valence-corrected chi connectivity index (χ1v) is 12.3. The molecule has 1 saturated carbocycles. The van der Waals surface area contributed by atoms with Gasteiger partial charge in [-0.05, 0) is 75.6 Å². The molecule has 0 aromatic heterocycles. The van der Waals surface area contributed by atoms with Crippen LogP contribution in [0.15, 0.2) is 18.2 Å². The maximum Gasteiger partial charge on any atom is 0.224 e. The van der Waals surface area contributed by atoms with E-state index >= 15 is 0 Å². The van der Waals surface area contributed by atoms with Gasteiger partial charge in [-0.25, -0.2) is 4.39 Å². The third kappa shape index (κ3) is 4.11. The minimum Gasteiger partial charge on any atom is -0.366 e. The van der Waals surface area contributed by atoms with Crippen LogP contribution in [0.5, 0.6) is 0 Å². The SMILES string of the molecule is C[C@H]1CN(c2ccc(C#N)cc2F)CCN1CC1CCC2C(C1)NC(=O)C1CCCNC12. The van der Waals surface area contributed by atoms with Gasteiger partial charge in [0, 0.05) is 44.3 Å². The fraction of sp³-hybridized carbons (Fsp3) is 0.680. The molecule has 1 aromatic carbocycles. The zero-order valence-corrected chi connectivity index (χ0v) is 18.9. The highest BCUT2D eigenvalue weighted by atomic mass is 19.1. The van der Waals surface area contributed by atoms with Crippen molar-refractivity contribution in [3.05, 3.63) is 29.6 Å². The predicted octanol–water partition coefficient (Wildman–Crippen LogP) is 2.49. The highest BCUT2D eigenvalue weighted by Gasteiger charge is 2.47. The highest BCUT2D eigenvalue weighted by Crippen LogP contribution is 2.39. The number of amides is 1. The van der Waals surface area contributed by atoms with Gasteiger partial charge in [-0.2, -0.15) is 5.26 Å². The Bertz CT molecular complexity index is 901. The van der Waals surface area contributed by atoms with Gasteiger partial charge in [-0.3, -0.25) is 9.69 Å². The van der Waals surface area contributed by atoms with Crippen molar-refractivity contribution in [1.82, 2.24) is 15.5 Å². The molecule has 1 aromatic rings. The molecule has 172 valence electrons. The summed E-state index contributed by atoms with van der Waals surface area (Å²) < 4.78 is 14.5. The number of nitrogens with zero attached hydrogens (tertiary/aromatic N) is 3. The van der Waals surface area contributed by atoms with E-state index in [0.29, 0.717) is 41.2 Å². The molecule has 3 heterocycles. The minimum absolute atomic E-state index is 0.164. The van der Waals surface area contributed by atoms with Crippen LogP contribution < -0.4 is 15.5 Å². The van der Waals surface area contributed by atoms with Crippen molar-refractivity contribution in [3.8, 4) is 6.07 Å². The molecule has 7 heteroatoms. The van der Waals surface area contributed by atoms with Gasteiger partial charge in [-0.1, -0.05) is 0 Å². The van der Waals surface area contributed by atoms with Crippen LogP contribution in [0.4, 0.5) is 10.1 Å². The maximum absolute atomic E-state index is 14.5. The van der Waals surface area contributed by atoms with Crippen molar-refractivity contribution >= 4 is 11.6 Å².